The Morgan fingerprint density at radius 3 is 2.58 bits per heavy atom. The molecule has 1 amide bonds. The van der Waals surface area contributed by atoms with Crippen LogP contribution in [-0.4, -0.2) is 11.1 Å². The molecule has 0 bridgehead atoms. The number of nitrogens with zero attached hydrogens (tertiary/aromatic N) is 2. The highest BCUT2D eigenvalue weighted by Gasteiger charge is 2.23. The van der Waals surface area contributed by atoms with Gasteiger partial charge in [0.15, 0.2) is 5.17 Å². The minimum atomic E-state index is -0.168. The first-order valence-electron chi connectivity index (χ1n) is 8.00. The largest absolute Gasteiger partial charge is 0.300 e. The molecule has 0 saturated carbocycles. The van der Waals surface area contributed by atoms with Crippen molar-refractivity contribution in [1.29, 1.82) is 5.26 Å². The molecule has 3 aromatic carbocycles. The van der Waals surface area contributed by atoms with E-state index in [9.17, 15) is 4.79 Å². The highest BCUT2D eigenvalue weighted by molar-refractivity contribution is 8.18. The molecule has 1 aliphatic heterocycles. The van der Waals surface area contributed by atoms with Gasteiger partial charge in [-0.2, -0.15) is 5.26 Å². The number of nitriles is 1. The normalized spacial score (nSPS) is 16.8. The first kappa shape index (κ1) is 16.1. The van der Waals surface area contributed by atoms with Gasteiger partial charge in [-0.05, 0) is 47.0 Å². The van der Waals surface area contributed by atoms with Crippen LogP contribution in [0.5, 0.6) is 0 Å². The van der Waals surface area contributed by atoms with E-state index in [-0.39, 0.29) is 5.91 Å². The minimum Gasteiger partial charge on any atom is -0.300 e. The Kier molecular flexibility index (Phi) is 4.26. The van der Waals surface area contributed by atoms with E-state index in [2.05, 4.69) is 16.4 Å². The summed E-state index contributed by atoms with van der Waals surface area (Å²) in [5, 5.41) is 14.4. The molecule has 0 aliphatic carbocycles. The lowest BCUT2D eigenvalue weighted by atomic mass is 10.1. The van der Waals surface area contributed by atoms with Crippen molar-refractivity contribution < 1.29 is 4.79 Å². The number of carbonyl (C=O) groups excluding carboxylic acids is 1. The van der Waals surface area contributed by atoms with Crippen molar-refractivity contribution in [3.05, 3.63) is 82.8 Å². The Bertz CT molecular complexity index is 1100. The smallest absolute Gasteiger partial charge is 0.264 e. The molecule has 1 saturated heterocycles. The van der Waals surface area contributed by atoms with Crippen LogP contribution in [0.1, 0.15) is 11.1 Å². The van der Waals surface area contributed by atoms with Crippen LogP contribution in [0.3, 0.4) is 0 Å². The molecule has 4 rings (SSSR count). The van der Waals surface area contributed by atoms with E-state index >= 15 is 0 Å². The van der Waals surface area contributed by atoms with Crippen LogP contribution < -0.4 is 5.32 Å². The Morgan fingerprint density at radius 1 is 1.00 bits per heavy atom. The molecule has 0 spiro atoms. The van der Waals surface area contributed by atoms with Crippen LogP contribution in [0.25, 0.3) is 16.8 Å². The maximum Gasteiger partial charge on any atom is 0.264 e. The molecule has 0 atom stereocenters. The van der Waals surface area contributed by atoms with E-state index in [1.807, 2.05) is 54.6 Å². The van der Waals surface area contributed by atoms with E-state index in [4.69, 9.17) is 5.26 Å². The third kappa shape index (κ3) is 3.23. The molecule has 5 heteroatoms. The second kappa shape index (κ2) is 6.87. The van der Waals surface area contributed by atoms with Gasteiger partial charge in [-0.1, -0.05) is 48.5 Å². The van der Waals surface area contributed by atoms with Gasteiger partial charge in [-0.3, -0.25) is 4.79 Å². The summed E-state index contributed by atoms with van der Waals surface area (Å²) < 4.78 is 0. The zero-order valence-corrected chi connectivity index (χ0v) is 14.5. The second-order valence-electron chi connectivity index (χ2n) is 5.71. The Morgan fingerprint density at radius 2 is 1.77 bits per heavy atom. The molecule has 4 nitrogen and oxygen atoms in total. The van der Waals surface area contributed by atoms with Crippen molar-refractivity contribution in [3.8, 4) is 6.07 Å². The average molecular weight is 355 g/mol. The van der Waals surface area contributed by atoms with Crippen molar-refractivity contribution in [2.24, 2.45) is 4.99 Å². The van der Waals surface area contributed by atoms with Gasteiger partial charge in [0.05, 0.1) is 22.2 Å². The topological polar surface area (TPSA) is 65.2 Å². The van der Waals surface area contributed by atoms with Crippen molar-refractivity contribution >= 4 is 45.4 Å². The van der Waals surface area contributed by atoms with Crippen LogP contribution in [-0.2, 0) is 4.79 Å². The Balaban J connectivity index is 1.63. The van der Waals surface area contributed by atoms with Gasteiger partial charge in [0.25, 0.3) is 5.91 Å². The number of hydrogen-bond donors (Lipinski definition) is 1. The Hall–Kier alpha value is -3.36. The summed E-state index contributed by atoms with van der Waals surface area (Å²) >= 11 is 1.31. The van der Waals surface area contributed by atoms with Gasteiger partial charge in [-0.25, -0.2) is 4.99 Å². The summed E-state index contributed by atoms with van der Waals surface area (Å²) in [6.45, 7) is 0. The van der Waals surface area contributed by atoms with E-state index in [1.54, 1.807) is 18.2 Å². The zero-order valence-electron chi connectivity index (χ0n) is 13.6. The molecule has 124 valence electrons. The third-order valence-corrected chi connectivity index (χ3v) is 4.89. The molecule has 0 aromatic heterocycles. The van der Waals surface area contributed by atoms with Gasteiger partial charge in [0.2, 0.25) is 0 Å². The number of hydrogen-bond acceptors (Lipinski definition) is 4. The van der Waals surface area contributed by atoms with Crippen LogP contribution in [0.15, 0.2) is 76.6 Å². The lowest BCUT2D eigenvalue weighted by Gasteiger charge is -2.02. The first-order chi connectivity index (χ1) is 12.7. The predicted octanol–water partition coefficient (Wildman–Crippen LogP) is 4.60. The number of thioether (sulfide) groups is 1. The molecule has 1 aliphatic rings. The van der Waals surface area contributed by atoms with E-state index in [1.165, 1.54) is 11.8 Å². The van der Waals surface area contributed by atoms with Crippen molar-refractivity contribution in [2.75, 3.05) is 0 Å². The van der Waals surface area contributed by atoms with E-state index in [0.717, 1.165) is 22.0 Å². The fraction of sp³-hybridized carbons (Fsp3) is 0. The summed E-state index contributed by atoms with van der Waals surface area (Å²) in [6, 6.07) is 23.1. The molecule has 26 heavy (non-hydrogen) atoms. The van der Waals surface area contributed by atoms with Gasteiger partial charge in [-0.15, -0.1) is 0 Å². The number of amidine groups is 1. The van der Waals surface area contributed by atoms with Crippen molar-refractivity contribution in [3.63, 3.8) is 0 Å². The van der Waals surface area contributed by atoms with Crippen LogP contribution in [0, 0.1) is 11.3 Å². The molecule has 1 fully saturated rings. The molecular weight excluding hydrogens is 342 g/mol. The highest BCUT2D eigenvalue weighted by Crippen LogP contribution is 2.31. The summed E-state index contributed by atoms with van der Waals surface area (Å²) in [5.41, 5.74) is 2.28. The molecule has 3 aromatic rings. The quantitative estimate of drug-likeness (QED) is 0.683. The fourth-order valence-electron chi connectivity index (χ4n) is 2.70. The van der Waals surface area contributed by atoms with Gasteiger partial charge >= 0.3 is 0 Å². The second-order valence-corrected chi connectivity index (χ2v) is 6.74. The SMILES string of the molecule is N#Cc1ccc(/C=C2\SC(=Nc3cccc4ccccc34)NC2=O)cc1. The minimum absolute atomic E-state index is 0.168. The standard InChI is InChI=1S/C21H13N3OS/c22-13-15-10-8-14(9-11-15)12-19-20(25)24-21(26-19)23-18-7-3-5-16-4-1-2-6-17(16)18/h1-12H,(H,23,24,25)/b19-12-. The molecule has 1 heterocycles. The lowest BCUT2D eigenvalue weighted by molar-refractivity contribution is -0.115. The first-order valence-corrected chi connectivity index (χ1v) is 8.82. The van der Waals surface area contributed by atoms with Gasteiger partial charge in [0, 0.05) is 5.39 Å². The summed E-state index contributed by atoms with van der Waals surface area (Å²) in [6.07, 6.45) is 1.80. The average Bonchev–Trinajstić information content (AvgIpc) is 3.01. The molecule has 0 radical (unpaired) electrons. The zero-order chi connectivity index (χ0) is 17.9. The van der Waals surface area contributed by atoms with Crippen molar-refractivity contribution in [2.45, 2.75) is 0 Å². The summed E-state index contributed by atoms with van der Waals surface area (Å²) in [4.78, 5) is 17.4. The fourth-order valence-corrected chi connectivity index (χ4v) is 3.54. The van der Waals surface area contributed by atoms with Crippen LogP contribution in [0.2, 0.25) is 0 Å². The molecule has 0 unspecified atom stereocenters. The van der Waals surface area contributed by atoms with Crippen LogP contribution in [0.4, 0.5) is 5.69 Å². The predicted molar refractivity (Wildman–Crippen MR) is 106 cm³/mol. The number of fused-ring (bicyclic) bond motifs is 1. The molecule has 1 N–H and O–H groups in total. The highest BCUT2D eigenvalue weighted by atomic mass is 32.2. The number of benzene rings is 3. The summed E-state index contributed by atoms with van der Waals surface area (Å²) in [5.74, 6) is -0.168. The summed E-state index contributed by atoms with van der Waals surface area (Å²) in [7, 11) is 0. The number of amides is 1. The monoisotopic (exact) mass is 355 g/mol. The van der Waals surface area contributed by atoms with Gasteiger partial charge in [0.1, 0.15) is 0 Å². The van der Waals surface area contributed by atoms with E-state index < -0.39 is 0 Å². The third-order valence-electron chi connectivity index (χ3n) is 3.98. The number of rotatable bonds is 2. The lowest BCUT2D eigenvalue weighted by Crippen LogP contribution is -2.19. The number of nitrogens with one attached hydrogen (secondary N) is 1. The number of aliphatic imine (C=N–C) groups is 1. The molecular formula is C21H13N3OS. The Labute approximate surface area is 154 Å². The van der Waals surface area contributed by atoms with Crippen LogP contribution >= 0.6 is 11.8 Å². The van der Waals surface area contributed by atoms with Gasteiger partial charge < -0.3 is 5.32 Å². The number of carbonyl (C=O) groups is 1. The van der Waals surface area contributed by atoms with E-state index in [0.29, 0.717) is 15.6 Å². The maximum absolute atomic E-state index is 12.2. The van der Waals surface area contributed by atoms with Crippen molar-refractivity contribution in [1.82, 2.24) is 5.32 Å². The maximum atomic E-state index is 12.2.